The van der Waals surface area contributed by atoms with Gasteiger partial charge in [-0.15, -0.1) is 0 Å². The van der Waals surface area contributed by atoms with Gasteiger partial charge in [0.05, 0.1) is 5.56 Å². The van der Waals surface area contributed by atoms with Gasteiger partial charge in [-0.3, -0.25) is 14.4 Å². The Hall–Kier alpha value is -5.21. The van der Waals surface area contributed by atoms with E-state index in [1.165, 1.54) is 11.6 Å². The van der Waals surface area contributed by atoms with Crippen molar-refractivity contribution in [2.75, 3.05) is 0 Å². The minimum absolute atomic E-state index is 0.0760. The maximum absolute atomic E-state index is 13.8. The Kier molecular flexibility index (Phi) is 6.23. The van der Waals surface area contributed by atoms with Crippen molar-refractivity contribution in [1.29, 1.82) is 0 Å². The first kappa shape index (κ1) is 27.6. The number of rotatable bonds is 4. The van der Waals surface area contributed by atoms with E-state index in [9.17, 15) is 34.8 Å². The zero-order valence-corrected chi connectivity index (χ0v) is 23.6. The van der Waals surface area contributed by atoms with E-state index in [1.54, 1.807) is 6.07 Å². The molecule has 3 aliphatic carbocycles. The molecule has 0 saturated heterocycles. The van der Waals surface area contributed by atoms with Gasteiger partial charge in [0, 0.05) is 17.9 Å². The molecule has 1 amide bonds. The largest absolute Gasteiger partial charge is 0.508 e. The Morgan fingerprint density at radius 1 is 0.841 bits per heavy atom. The van der Waals surface area contributed by atoms with Crippen LogP contribution in [0.4, 0.5) is 0 Å². The lowest BCUT2D eigenvalue weighted by Crippen LogP contribution is -2.58. The van der Waals surface area contributed by atoms with Crippen molar-refractivity contribution in [3.63, 3.8) is 0 Å². The van der Waals surface area contributed by atoms with Crippen LogP contribution in [0.25, 0.3) is 27.7 Å². The van der Waals surface area contributed by atoms with Crippen LogP contribution in [0.2, 0.25) is 0 Å². The van der Waals surface area contributed by atoms with Gasteiger partial charge >= 0.3 is 0 Å². The molecule has 3 aliphatic rings. The molecule has 8 nitrogen and oxygen atoms in total. The lowest BCUT2D eigenvalue weighted by Gasteiger charge is -2.46. The summed E-state index contributed by atoms with van der Waals surface area (Å²) in [6.45, 7) is 0. The van der Waals surface area contributed by atoms with Crippen molar-refractivity contribution in [2.45, 2.75) is 31.3 Å². The Morgan fingerprint density at radius 3 is 2.25 bits per heavy atom. The summed E-state index contributed by atoms with van der Waals surface area (Å²) in [4.78, 5) is 38.4. The topological polar surface area (TPSA) is 158 Å². The number of aliphatic hydroxyl groups is 3. The molecule has 1 saturated carbocycles. The van der Waals surface area contributed by atoms with Gasteiger partial charge in [0.1, 0.15) is 22.8 Å². The number of phenols is 1. The number of hydrogen-bond donors (Lipinski definition) is 5. The van der Waals surface area contributed by atoms with Gasteiger partial charge in [-0.1, -0.05) is 72.8 Å². The third kappa shape index (κ3) is 3.91. The summed E-state index contributed by atoms with van der Waals surface area (Å²) in [7, 11) is 0. The molecule has 0 aromatic heterocycles. The zero-order chi connectivity index (χ0) is 30.9. The quantitative estimate of drug-likeness (QED) is 0.214. The molecule has 0 heterocycles. The van der Waals surface area contributed by atoms with Gasteiger partial charge in [0.25, 0.3) is 5.91 Å². The monoisotopic (exact) mass is 587 g/mol. The average Bonchev–Trinajstić information content (AvgIpc) is 3.00. The van der Waals surface area contributed by atoms with E-state index >= 15 is 0 Å². The Labute approximate surface area is 252 Å². The molecule has 220 valence electrons. The van der Waals surface area contributed by atoms with Crippen molar-refractivity contribution >= 4 is 34.0 Å². The number of aliphatic hydroxyl groups excluding tert-OH is 2. The lowest BCUT2D eigenvalue weighted by molar-refractivity contribution is -0.147. The van der Waals surface area contributed by atoms with E-state index in [4.69, 9.17) is 5.73 Å². The highest BCUT2D eigenvalue weighted by Crippen LogP contribution is 2.53. The van der Waals surface area contributed by atoms with E-state index < -0.39 is 52.0 Å². The Morgan fingerprint density at radius 2 is 1.52 bits per heavy atom. The van der Waals surface area contributed by atoms with Gasteiger partial charge in [-0.2, -0.15) is 0 Å². The number of ketones is 2. The van der Waals surface area contributed by atoms with Gasteiger partial charge in [-0.25, -0.2) is 0 Å². The molecule has 0 bridgehead atoms. The zero-order valence-electron chi connectivity index (χ0n) is 23.6. The van der Waals surface area contributed by atoms with Crippen molar-refractivity contribution in [2.24, 2.45) is 17.6 Å². The SMILES string of the molecule is NC(=O)C1=C(O)[C@@]2(O)C(=O)C3=C(O)c4c(O)ccc(-c5ccc(Cc6ccccc6)c6ccccc56)c4C[C@H]3C[C@H]2CC1=O. The fourth-order valence-electron chi connectivity index (χ4n) is 7.44. The number of Topliss-reactive ketones (excluding diaryl/α,β-unsaturated/α-hetero) is 2. The summed E-state index contributed by atoms with van der Waals surface area (Å²) in [6, 6.07) is 25.6. The fraction of sp³-hybridized carbons (Fsp3) is 0.194. The number of carbonyl (C=O) groups is 3. The van der Waals surface area contributed by atoms with Crippen LogP contribution in [0.5, 0.6) is 5.75 Å². The number of primary amides is 1. The smallest absolute Gasteiger partial charge is 0.255 e. The number of fused-ring (bicyclic) bond motifs is 4. The number of carbonyl (C=O) groups excluding carboxylic acids is 3. The van der Waals surface area contributed by atoms with E-state index in [1.807, 2.05) is 42.5 Å². The van der Waals surface area contributed by atoms with Gasteiger partial charge in [0.2, 0.25) is 5.78 Å². The highest BCUT2D eigenvalue weighted by molar-refractivity contribution is 6.22. The van der Waals surface area contributed by atoms with Gasteiger partial charge < -0.3 is 26.2 Å². The highest BCUT2D eigenvalue weighted by atomic mass is 16.3. The summed E-state index contributed by atoms with van der Waals surface area (Å²) >= 11 is 0. The number of nitrogens with two attached hydrogens (primary N) is 1. The summed E-state index contributed by atoms with van der Waals surface area (Å²) in [5, 5.41) is 46.9. The van der Waals surface area contributed by atoms with Crippen molar-refractivity contribution < 1.29 is 34.8 Å². The van der Waals surface area contributed by atoms with E-state index in [-0.39, 0.29) is 36.1 Å². The fourth-order valence-corrected chi connectivity index (χ4v) is 7.44. The first-order chi connectivity index (χ1) is 21.1. The summed E-state index contributed by atoms with van der Waals surface area (Å²) in [5.41, 5.74) is 6.44. The highest BCUT2D eigenvalue weighted by Gasteiger charge is 2.60. The van der Waals surface area contributed by atoms with Crippen LogP contribution < -0.4 is 5.73 Å². The summed E-state index contributed by atoms with van der Waals surface area (Å²) in [6.07, 6.45) is 0.698. The molecule has 6 N–H and O–H groups in total. The molecule has 1 fully saturated rings. The summed E-state index contributed by atoms with van der Waals surface area (Å²) in [5.74, 6) is -6.45. The number of amides is 1. The molecule has 4 aromatic rings. The lowest BCUT2D eigenvalue weighted by atomic mass is 9.59. The molecule has 0 radical (unpaired) electrons. The van der Waals surface area contributed by atoms with Crippen LogP contribution in [0, 0.1) is 11.8 Å². The van der Waals surface area contributed by atoms with Crippen molar-refractivity contribution in [1.82, 2.24) is 0 Å². The molecular weight excluding hydrogens is 558 g/mol. The Bertz CT molecular complexity index is 1990. The van der Waals surface area contributed by atoms with Crippen LogP contribution >= 0.6 is 0 Å². The van der Waals surface area contributed by atoms with Crippen LogP contribution in [0.15, 0.2) is 95.8 Å². The number of hydrogen-bond acceptors (Lipinski definition) is 7. The van der Waals surface area contributed by atoms with E-state index in [0.717, 1.165) is 33.9 Å². The van der Waals surface area contributed by atoms with E-state index in [2.05, 4.69) is 24.3 Å². The number of phenolic OH excluding ortho intramolecular Hbond substituents is 1. The predicted molar refractivity (Wildman–Crippen MR) is 164 cm³/mol. The standard InChI is InChI=1S/C36H29NO7/c37-35(43)31-28(39)17-21-15-20-16-26-25(12-13-27(38)30(26)32(40)29(20)33(41)36(21,44)34(31)42)24-11-10-19(14-18-6-2-1-3-7-18)22-8-4-5-9-23(22)24/h1-13,20-21,38,40,42,44H,14-17H2,(H2,37,43)/t20-,21+,36+/m1/s1. The van der Waals surface area contributed by atoms with Gasteiger partial charge in [-0.05, 0) is 69.8 Å². The molecule has 3 atom stereocenters. The molecule has 7 rings (SSSR count). The molecule has 0 aliphatic heterocycles. The third-order valence-corrected chi connectivity index (χ3v) is 9.49. The van der Waals surface area contributed by atoms with Crippen LogP contribution in [0.1, 0.15) is 35.1 Å². The second-order valence-electron chi connectivity index (χ2n) is 11.9. The Balaban J connectivity index is 1.38. The summed E-state index contributed by atoms with van der Waals surface area (Å²) < 4.78 is 0. The van der Waals surface area contributed by atoms with E-state index in [0.29, 0.717) is 5.56 Å². The predicted octanol–water partition coefficient (Wildman–Crippen LogP) is 4.83. The second kappa shape index (κ2) is 9.92. The van der Waals surface area contributed by atoms with Crippen LogP contribution in [0.3, 0.4) is 0 Å². The first-order valence-corrected chi connectivity index (χ1v) is 14.5. The molecule has 0 unspecified atom stereocenters. The number of aromatic hydroxyl groups is 1. The van der Waals surface area contributed by atoms with Crippen LogP contribution in [-0.4, -0.2) is 43.5 Å². The normalized spacial score (nSPS) is 22.9. The molecule has 8 heteroatoms. The van der Waals surface area contributed by atoms with Crippen molar-refractivity contribution in [3.05, 3.63) is 118 Å². The minimum Gasteiger partial charge on any atom is -0.508 e. The van der Waals surface area contributed by atoms with Crippen LogP contribution in [-0.2, 0) is 27.2 Å². The molecule has 0 spiro atoms. The number of benzene rings is 4. The first-order valence-electron chi connectivity index (χ1n) is 14.5. The minimum atomic E-state index is -2.59. The third-order valence-electron chi connectivity index (χ3n) is 9.49. The molecular formula is C36H29NO7. The second-order valence-corrected chi connectivity index (χ2v) is 11.9. The molecule has 44 heavy (non-hydrogen) atoms. The average molecular weight is 588 g/mol. The molecule has 4 aromatic carbocycles. The maximum Gasteiger partial charge on any atom is 0.255 e. The van der Waals surface area contributed by atoms with Crippen molar-refractivity contribution in [3.8, 4) is 16.9 Å². The van der Waals surface area contributed by atoms with Gasteiger partial charge in [0.15, 0.2) is 11.4 Å². The maximum atomic E-state index is 13.8.